The Balaban J connectivity index is 1.79. The summed E-state index contributed by atoms with van der Waals surface area (Å²) in [7, 11) is 5.13. The smallest absolute Gasteiger partial charge is 0.346 e. The summed E-state index contributed by atoms with van der Waals surface area (Å²) in [6, 6.07) is 14.5. The van der Waals surface area contributed by atoms with Gasteiger partial charge in [-0.25, -0.2) is 4.98 Å². The molecular formula is C28H24F3N5O. The van der Waals surface area contributed by atoms with Gasteiger partial charge in [-0.1, -0.05) is 18.2 Å². The van der Waals surface area contributed by atoms with Crippen molar-refractivity contribution in [1.82, 2.24) is 14.9 Å². The van der Waals surface area contributed by atoms with Gasteiger partial charge in [-0.3, -0.25) is 4.79 Å². The molecule has 2 aromatic heterocycles. The summed E-state index contributed by atoms with van der Waals surface area (Å²) < 4.78 is 41.4. The van der Waals surface area contributed by atoms with Gasteiger partial charge in [0.05, 0.1) is 17.2 Å². The lowest BCUT2D eigenvalue weighted by Gasteiger charge is -2.19. The van der Waals surface area contributed by atoms with Gasteiger partial charge in [0.1, 0.15) is 5.65 Å². The number of aromatic amines is 1. The number of nitrogens with zero attached hydrogens (tertiary/aromatic N) is 4. The number of benzene rings is 2. The van der Waals surface area contributed by atoms with E-state index in [1.54, 1.807) is 42.6 Å². The fourth-order valence-corrected chi connectivity index (χ4v) is 3.89. The van der Waals surface area contributed by atoms with E-state index in [9.17, 15) is 23.2 Å². The summed E-state index contributed by atoms with van der Waals surface area (Å²) in [4.78, 5) is 23.2. The molecule has 4 rings (SSSR count). The lowest BCUT2D eigenvalue weighted by molar-refractivity contribution is -0.137. The molecular weight excluding hydrogens is 479 g/mol. The molecule has 2 heterocycles. The zero-order valence-electron chi connectivity index (χ0n) is 20.5. The standard InChI is InChI=1S/C28H24F3N5O/c1-35(2)9-5-8-26(37)36(3)23-12-20(11-22(14-23)28(29,30)31)21-13-24-25(17-34-27(24)33-16-21)19-7-4-6-18(10-19)15-32/h4-8,10-14,16-17H,9H2,1-3H3,(H,33,34)/b8-5+. The number of pyridine rings is 1. The molecule has 9 heteroatoms. The summed E-state index contributed by atoms with van der Waals surface area (Å²) >= 11 is 0. The molecule has 0 bridgehead atoms. The summed E-state index contributed by atoms with van der Waals surface area (Å²) in [6.07, 6.45) is 1.63. The number of fused-ring (bicyclic) bond motifs is 1. The Labute approximate surface area is 212 Å². The van der Waals surface area contributed by atoms with E-state index < -0.39 is 17.6 Å². The molecule has 0 fully saturated rings. The van der Waals surface area contributed by atoms with Crippen molar-refractivity contribution >= 4 is 22.6 Å². The highest BCUT2D eigenvalue weighted by Gasteiger charge is 2.32. The molecule has 0 unspecified atom stereocenters. The number of anilines is 1. The Hall–Kier alpha value is -4.42. The molecule has 0 saturated carbocycles. The summed E-state index contributed by atoms with van der Waals surface area (Å²) in [5.41, 5.74) is 2.58. The number of alkyl halides is 3. The number of H-pyrrole nitrogens is 1. The van der Waals surface area contributed by atoms with Crippen LogP contribution in [-0.2, 0) is 11.0 Å². The molecule has 37 heavy (non-hydrogen) atoms. The van der Waals surface area contributed by atoms with Crippen LogP contribution in [0.2, 0.25) is 0 Å². The Kier molecular flexibility index (Phi) is 7.14. The molecule has 188 valence electrons. The number of rotatable bonds is 6. The second-order valence-electron chi connectivity index (χ2n) is 8.84. The van der Waals surface area contributed by atoms with Gasteiger partial charge in [0.25, 0.3) is 0 Å². The topological polar surface area (TPSA) is 76.0 Å². The fourth-order valence-electron chi connectivity index (χ4n) is 3.89. The van der Waals surface area contributed by atoms with Crippen molar-refractivity contribution in [3.05, 3.63) is 84.2 Å². The fraction of sp³-hybridized carbons (Fsp3) is 0.179. The third-order valence-corrected chi connectivity index (χ3v) is 5.86. The molecule has 0 radical (unpaired) electrons. The van der Waals surface area contributed by atoms with Gasteiger partial charge in [-0.15, -0.1) is 0 Å². The first-order valence-corrected chi connectivity index (χ1v) is 11.4. The first kappa shape index (κ1) is 25.7. The molecule has 0 spiro atoms. The minimum Gasteiger partial charge on any atom is -0.346 e. The van der Waals surface area contributed by atoms with Crippen LogP contribution in [0.25, 0.3) is 33.3 Å². The van der Waals surface area contributed by atoms with E-state index in [0.717, 1.165) is 23.3 Å². The van der Waals surface area contributed by atoms with Gasteiger partial charge in [0.15, 0.2) is 0 Å². The molecule has 1 amide bonds. The Morgan fingerprint density at radius 3 is 2.57 bits per heavy atom. The van der Waals surface area contributed by atoms with Crippen LogP contribution in [0.3, 0.4) is 0 Å². The van der Waals surface area contributed by atoms with Gasteiger partial charge < -0.3 is 14.8 Å². The van der Waals surface area contributed by atoms with Crippen LogP contribution in [0.15, 0.2) is 73.1 Å². The van der Waals surface area contributed by atoms with E-state index in [0.29, 0.717) is 28.7 Å². The van der Waals surface area contributed by atoms with Crippen molar-refractivity contribution < 1.29 is 18.0 Å². The third kappa shape index (κ3) is 5.71. The molecule has 6 nitrogen and oxygen atoms in total. The van der Waals surface area contributed by atoms with E-state index in [1.165, 1.54) is 24.2 Å². The lowest BCUT2D eigenvalue weighted by Crippen LogP contribution is -2.25. The maximum Gasteiger partial charge on any atom is 0.416 e. The van der Waals surface area contributed by atoms with Gasteiger partial charge in [-0.05, 0) is 61.6 Å². The number of hydrogen-bond acceptors (Lipinski definition) is 4. The molecule has 0 atom stereocenters. The van der Waals surface area contributed by atoms with Crippen molar-refractivity contribution in [2.45, 2.75) is 6.18 Å². The van der Waals surface area contributed by atoms with Crippen LogP contribution < -0.4 is 4.90 Å². The number of hydrogen-bond donors (Lipinski definition) is 1. The molecule has 4 aromatic rings. The average molecular weight is 504 g/mol. The van der Waals surface area contributed by atoms with Crippen molar-refractivity contribution in [2.75, 3.05) is 32.6 Å². The van der Waals surface area contributed by atoms with Crippen LogP contribution in [-0.4, -0.2) is 48.5 Å². The molecule has 0 aliphatic heterocycles. The van der Waals surface area contributed by atoms with Gasteiger partial charge in [0, 0.05) is 54.3 Å². The number of nitrogens with one attached hydrogen (secondary N) is 1. The highest BCUT2D eigenvalue weighted by molar-refractivity contribution is 6.02. The minimum absolute atomic E-state index is 0.112. The molecule has 2 aromatic carbocycles. The van der Waals surface area contributed by atoms with E-state index in [2.05, 4.69) is 16.0 Å². The Morgan fingerprint density at radius 1 is 1.08 bits per heavy atom. The van der Waals surface area contributed by atoms with Crippen LogP contribution in [0, 0.1) is 11.3 Å². The summed E-state index contributed by atoms with van der Waals surface area (Å²) in [6.45, 7) is 0.523. The number of carbonyl (C=O) groups is 1. The van der Waals surface area contributed by atoms with E-state index in [4.69, 9.17) is 0 Å². The largest absolute Gasteiger partial charge is 0.416 e. The Morgan fingerprint density at radius 2 is 1.86 bits per heavy atom. The molecule has 0 aliphatic rings. The van der Waals surface area contributed by atoms with E-state index >= 15 is 0 Å². The summed E-state index contributed by atoms with van der Waals surface area (Å²) in [5.74, 6) is -0.439. The minimum atomic E-state index is -4.61. The van der Waals surface area contributed by atoms with Crippen LogP contribution in [0.4, 0.5) is 18.9 Å². The Bertz CT molecular complexity index is 1530. The van der Waals surface area contributed by atoms with E-state index in [1.807, 2.05) is 25.1 Å². The average Bonchev–Trinajstić information content (AvgIpc) is 3.30. The normalized spacial score (nSPS) is 11.8. The first-order valence-electron chi connectivity index (χ1n) is 11.4. The highest BCUT2D eigenvalue weighted by atomic mass is 19.4. The van der Waals surface area contributed by atoms with Gasteiger partial charge in [0.2, 0.25) is 5.91 Å². The van der Waals surface area contributed by atoms with Crippen molar-refractivity contribution in [3.63, 3.8) is 0 Å². The number of aromatic nitrogens is 2. The number of carbonyl (C=O) groups excluding carboxylic acids is 1. The maximum absolute atomic E-state index is 13.8. The highest BCUT2D eigenvalue weighted by Crippen LogP contribution is 2.37. The number of nitriles is 1. The number of likely N-dealkylation sites (N-methyl/N-ethyl adjacent to an activating group) is 2. The van der Waals surface area contributed by atoms with Gasteiger partial charge in [-0.2, -0.15) is 18.4 Å². The number of halogens is 3. The third-order valence-electron chi connectivity index (χ3n) is 5.86. The number of amides is 1. The van der Waals surface area contributed by atoms with Crippen molar-refractivity contribution in [2.24, 2.45) is 0 Å². The summed E-state index contributed by atoms with van der Waals surface area (Å²) in [5, 5.41) is 9.94. The van der Waals surface area contributed by atoms with Crippen molar-refractivity contribution in [3.8, 4) is 28.3 Å². The molecule has 1 N–H and O–H groups in total. The lowest BCUT2D eigenvalue weighted by atomic mass is 9.99. The second kappa shape index (κ2) is 10.3. The second-order valence-corrected chi connectivity index (χ2v) is 8.84. The van der Waals surface area contributed by atoms with Crippen LogP contribution in [0.1, 0.15) is 11.1 Å². The van der Waals surface area contributed by atoms with Crippen LogP contribution in [0.5, 0.6) is 0 Å². The SMILES string of the molecule is CN(C)C/C=C/C(=O)N(C)c1cc(-c2cnc3[nH]cc(-c4cccc(C#N)c4)c3c2)cc(C(F)(F)F)c1. The molecule has 0 aliphatic carbocycles. The molecule has 0 saturated heterocycles. The predicted molar refractivity (Wildman–Crippen MR) is 138 cm³/mol. The zero-order chi connectivity index (χ0) is 26.7. The van der Waals surface area contributed by atoms with E-state index in [-0.39, 0.29) is 11.3 Å². The van der Waals surface area contributed by atoms with Crippen molar-refractivity contribution in [1.29, 1.82) is 5.26 Å². The quantitative estimate of drug-likeness (QED) is 0.334. The zero-order valence-corrected chi connectivity index (χ0v) is 20.5. The van der Waals surface area contributed by atoms with Gasteiger partial charge >= 0.3 is 6.18 Å². The monoisotopic (exact) mass is 503 g/mol. The predicted octanol–water partition coefficient (Wildman–Crippen LogP) is 5.87. The van der Waals surface area contributed by atoms with Crippen LogP contribution >= 0.6 is 0 Å². The first-order chi connectivity index (χ1) is 17.6. The maximum atomic E-state index is 13.8.